The molecule has 3 aromatic rings. The van der Waals surface area contributed by atoms with Crippen molar-refractivity contribution in [2.24, 2.45) is 0 Å². The van der Waals surface area contributed by atoms with Crippen LogP contribution in [0.1, 0.15) is 25.8 Å². The zero-order valence-electron chi connectivity index (χ0n) is 15.0. The second-order valence-electron chi connectivity index (χ2n) is 5.73. The van der Waals surface area contributed by atoms with Crippen molar-refractivity contribution >= 4 is 23.7 Å². The van der Waals surface area contributed by atoms with Crippen molar-refractivity contribution in [1.82, 2.24) is 29.7 Å². The molecule has 8 nitrogen and oxygen atoms in total. The predicted octanol–water partition coefficient (Wildman–Crippen LogP) is 3.00. The van der Waals surface area contributed by atoms with Crippen LogP contribution in [0.4, 0.5) is 11.9 Å². The van der Waals surface area contributed by atoms with E-state index >= 15 is 0 Å². The summed E-state index contributed by atoms with van der Waals surface area (Å²) in [6.45, 7) is 4.18. The Balaban J connectivity index is 1.76. The summed E-state index contributed by atoms with van der Waals surface area (Å²) in [5.74, 6) is 2.23. The van der Waals surface area contributed by atoms with Crippen LogP contribution in [0.3, 0.4) is 0 Å². The molecule has 0 saturated heterocycles. The Hall–Kier alpha value is -2.68. The number of rotatable bonds is 8. The maximum Gasteiger partial charge on any atom is 0.258 e. The van der Waals surface area contributed by atoms with E-state index in [-0.39, 0.29) is 6.04 Å². The molecule has 1 atom stereocenters. The van der Waals surface area contributed by atoms with Crippen LogP contribution in [0.15, 0.2) is 41.8 Å². The fourth-order valence-corrected chi connectivity index (χ4v) is 2.85. The van der Waals surface area contributed by atoms with E-state index in [0.29, 0.717) is 23.0 Å². The Morgan fingerprint density at radius 2 is 1.88 bits per heavy atom. The van der Waals surface area contributed by atoms with Crippen LogP contribution in [-0.2, 0) is 5.75 Å². The molecule has 0 spiro atoms. The maximum absolute atomic E-state index is 4.47. The molecule has 1 aromatic carbocycles. The van der Waals surface area contributed by atoms with E-state index in [2.05, 4.69) is 61.6 Å². The highest BCUT2D eigenvalue weighted by molar-refractivity contribution is 7.98. The summed E-state index contributed by atoms with van der Waals surface area (Å²) >= 11 is 1.57. The average Bonchev–Trinajstić information content (AvgIpc) is 3.16. The van der Waals surface area contributed by atoms with Crippen LogP contribution in [0.25, 0.3) is 5.95 Å². The van der Waals surface area contributed by atoms with Gasteiger partial charge in [0, 0.05) is 18.8 Å². The second kappa shape index (κ2) is 8.61. The van der Waals surface area contributed by atoms with Crippen molar-refractivity contribution in [3.05, 3.63) is 42.2 Å². The highest BCUT2D eigenvalue weighted by Crippen LogP contribution is 2.19. The topological polar surface area (TPSA) is 93.4 Å². The number of nitrogens with one attached hydrogen (secondary N) is 2. The van der Waals surface area contributed by atoms with Crippen molar-refractivity contribution in [1.29, 1.82) is 0 Å². The Kier molecular flexibility index (Phi) is 6.00. The fraction of sp³-hybridized carbons (Fsp3) is 0.353. The molecule has 2 aromatic heterocycles. The number of nitrogens with zero attached hydrogens (tertiary/aromatic N) is 6. The molecule has 26 heavy (non-hydrogen) atoms. The summed E-state index contributed by atoms with van der Waals surface area (Å²) in [6, 6.07) is 10.5. The molecule has 0 bridgehead atoms. The molecular formula is C17H22N8S. The third kappa shape index (κ3) is 4.69. The molecule has 0 saturated carbocycles. The van der Waals surface area contributed by atoms with E-state index in [1.54, 1.807) is 29.8 Å². The molecule has 0 radical (unpaired) electrons. The Morgan fingerprint density at radius 1 is 1.12 bits per heavy atom. The Morgan fingerprint density at radius 3 is 2.62 bits per heavy atom. The van der Waals surface area contributed by atoms with E-state index in [4.69, 9.17) is 0 Å². The highest BCUT2D eigenvalue weighted by atomic mass is 32.2. The average molecular weight is 370 g/mol. The Labute approximate surface area is 156 Å². The summed E-state index contributed by atoms with van der Waals surface area (Å²) in [5.41, 5.74) is 1.23. The van der Waals surface area contributed by atoms with Crippen molar-refractivity contribution in [3.63, 3.8) is 0 Å². The molecule has 3 rings (SSSR count). The van der Waals surface area contributed by atoms with Gasteiger partial charge in [0.05, 0.1) is 0 Å². The predicted molar refractivity (Wildman–Crippen MR) is 104 cm³/mol. The van der Waals surface area contributed by atoms with Gasteiger partial charge in [-0.1, -0.05) is 49.0 Å². The molecule has 0 aliphatic heterocycles. The first kappa shape index (κ1) is 18.1. The van der Waals surface area contributed by atoms with Crippen LogP contribution in [0.5, 0.6) is 0 Å². The lowest BCUT2D eigenvalue weighted by molar-refractivity contribution is 0.735. The summed E-state index contributed by atoms with van der Waals surface area (Å²) in [6.07, 6.45) is 2.59. The van der Waals surface area contributed by atoms with Crippen LogP contribution in [0, 0.1) is 0 Å². The monoisotopic (exact) mass is 370 g/mol. The smallest absolute Gasteiger partial charge is 0.258 e. The maximum atomic E-state index is 4.47. The van der Waals surface area contributed by atoms with Crippen LogP contribution < -0.4 is 10.6 Å². The van der Waals surface area contributed by atoms with Crippen molar-refractivity contribution in [2.45, 2.75) is 37.2 Å². The largest absolute Gasteiger partial charge is 0.357 e. The number of hydrogen-bond donors (Lipinski definition) is 2. The normalized spacial score (nSPS) is 12.0. The highest BCUT2D eigenvalue weighted by Gasteiger charge is 2.11. The van der Waals surface area contributed by atoms with Gasteiger partial charge in [0.25, 0.3) is 5.95 Å². The Bertz CT molecular complexity index is 836. The van der Waals surface area contributed by atoms with Crippen molar-refractivity contribution in [2.75, 3.05) is 17.7 Å². The van der Waals surface area contributed by atoms with Gasteiger partial charge >= 0.3 is 0 Å². The minimum Gasteiger partial charge on any atom is -0.357 e. The first-order valence-electron chi connectivity index (χ1n) is 8.47. The zero-order chi connectivity index (χ0) is 18.4. The molecule has 2 N–H and O–H groups in total. The SMILES string of the molecule is CC[C@@H](C)Nc1nc(NC)nc(-n2cnc(SCc3ccccc3)n2)n1. The summed E-state index contributed by atoms with van der Waals surface area (Å²) in [5, 5.41) is 11.4. The van der Waals surface area contributed by atoms with E-state index in [0.717, 1.165) is 12.2 Å². The van der Waals surface area contributed by atoms with Gasteiger partial charge in [-0.2, -0.15) is 19.6 Å². The fourth-order valence-electron chi connectivity index (χ4n) is 2.10. The van der Waals surface area contributed by atoms with Gasteiger partial charge in [-0.15, -0.1) is 5.10 Å². The molecule has 0 aliphatic carbocycles. The first-order valence-corrected chi connectivity index (χ1v) is 9.45. The minimum atomic E-state index is 0.266. The van der Waals surface area contributed by atoms with Crippen LogP contribution >= 0.6 is 11.8 Å². The summed E-state index contributed by atoms with van der Waals surface area (Å²) in [4.78, 5) is 17.5. The third-order valence-electron chi connectivity index (χ3n) is 3.72. The molecule has 0 unspecified atom stereocenters. The number of hydrogen-bond acceptors (Lipinski definition) is 8. The molecule has 2 heterocycles. The van der Waals surface area contributed by atoms with Crippen LogP contribution in [-0.4, -0.2) is 42.8 Å². The molecule has 0 fully saturated rings. The molecule has 9 heteroatoms. The number of benzene rings is 1. The van der Waals surface area contributed by atoms with Crippen molar-refractivity contribution in [3.8, 4) is 5.95 Å². The van der Waals surface area contributed by atoms with Gasteiger partial charge in [0.2, 0.25) is 17.1 Å². The van der Waals surface area contributed by atoms with E-state index < -0.39 is 0 Å². The number of aromatic nitrogens is 6. The lowest BCUT2D eigenvalue weighted by Crippen LogP contribution is -2.18. The van der Waals surface area contributed by atoms with Gasteiger partial charge < -0.3 is 10.6 Å². The zero-order valence-corrected chi connectivity index (χ0v) is 15.9. The van der Waals surface area contributed by atoms with Gasteiger partial charge in [0.1, 0.15) is 6.33 Å². The van der Waals surface area contributed by atoms with Gasteiger partial charge in [0.15, 0.2) is 0 Å². The quantitative estimate of drug-likeness (QED) is 0.585. The van der Waals surface area contributed by atoms with E-state index in [1.807, 2.05) is 18.2 Å². The summed E-state index contributed by atoms with van der Waals surface area (Å²) < 4.78 is 1.57. The molecule has 0 amide bonds. The standard InChI is InChI=1S/C17H22N8S/c1-4-12(2)20-15-21-14(18-3)22-16(23-15)25-11-19-17(24-25)26-10-13-8-6-5-7-9-13/h5-9,11-12H,4,10H2,1-3H3,(H2,18,20,21,22,23)/t12-/m1/s1. The molecular weight excluding hydrogens is 348 g/mol. The molecule has 136 valence electrons. The van der Waals surface area contributed by atoms with Gasteiger partial charge in [-0.25, -0.2) is 4.98 Å². The number of thioether (sulfide) groups is 1. The van der Waals surface area contributed by atoms with Crippen LogP contribution in [0.2, 0.25) is 0 Å². The molecule has 0 aliphatic rings. The van der Waals surface area contributed by atoms with Gasteiger partial charge in [-0.05, 0) is 18.9 Å². The second-order valence-corrected chi connectivity index (χ2v) is 6.67. The van der Waals surface area contributed by atoms with E-state index in [1.165, 1.54) is 5.56 Å². The minimum absolute atomic E-state index is 0.266. The van der Waals surface area contributed by atoms with Gasteiger partial charge in [-0.3, -0.25) is 0 Å². The number of anilines is 2. The summed E-state index contributed by atoms with van der Waals surface area (Å²) in [7, 11) is 1.77. The lowest BCUT2D eigenvalue weighted by Gasteiger charge is -2.12. The van der Waals surface area contributed by atoms with E-state index in [9.17, 15) is 0 Å². The first-order chi connectivity index (χ1) is 12.7. The third-order valence-corrected chi connectivity index (χ3v) is 4.64. The van der Waals surface area contributed by atoms with Crippen molar-refractivity contribution < 1.29 is 0 Å². The lowest BCUT2D eigenvalue weighted by atomic mass is 10.2.